The minimum atomic E-state index is -0.103. The number of ether oxygens (including phenoxy) is 1. The number of carbonyl (C=O) groups excluding carboxylic acids is 2. The molecule has 2 amide bonds. The summed E-state index contributed by atoms with van der Waals surface area (Å²) in [6.07, 6.45) is 3.05. The van der Waals surface area contributed by atoms with Gasteiger partial charge in [0, 0.05) is 37.3 Å². The molecule has 0 bridgehead atoms. The van der Waals surface area contributed by atoms with Gasteiger partial charge in [-0.3, -0.25) is 9.59 Å². The summed E-state index contributed by atoms with van der Waals surface area (Å²) in [5.74, 6) is 0.506. The highest BCUT2D eigenvalue weighted by molar-refractivity contribution is 6.00. The predicted molar refractivity (Wildman–Crippen MR) is 142 cm³/mol. The van der Waals surface area contributed by atoms with Crippen molar-refractivity contribution >= 4 is 11.8 Å². The van der Waals surface area contributed by atoms with Crippen LogP contribution in [-0.2, 0) is 11.3 Å². The maximum Gasteiger partial charge on any atom is 0.257 e. The fourth-order valence-corrected chi connectivity index (χ4v) is 4.73. The Hall–Kier alpha value is -4.39. The van der Waals surface area contributed by atoms with E-state index in [9.17, 15) is 9.59 Å². The van der Waals surface area contributed by atoms with Crippen molar-refractivity contribution < 1.29 is 14.3 Å². The average molecular weight is 495 g/mol. The summed E-state index contributed by atoms with van der Waals surface area (Å²) in [6, 6.07) is 27.2. The molecule has 0 unspecified atom stereocenters. The van der Waals surface area contributed by atoms with Crippen molar-refractivity contribution in [1.82, 2.24) is 20.0 Å². The van der Waals surface area contributed by atoms with Gasteiger partial charge in [-0.1, -0.05) is 60.7 Å². The van der Waals surface area contributed by atoms with E-state index in [1.54, 1.807) is 18.0 Å². The number of methoxy groups -OCH3 is 1. The fraction of sp³-hybridized carbons (Fsp3) is 0.233. The molecule has 1 aliphatic rings. The molecular weight excluding hydrogens is 464 g/mol. The quantitative estimate of drug-likeness (QED) is 0.404. The van der Waals surface area contributed by atoms with E-state index < -0.39 is 0 Å². The third-order valence-corrected chi connectivity index (χ3v) is 6.79. The number of hydrogen-bond acceptors (Lipinski definition) is 4. The monoisotopic (exact) mass is 494 g/mol. The normalized spacial score (nSPS) is 13.8. The van der Waals surface area contributed by atoms with Crippen molar-refractivity contribution in [3.05, 3.63) is 102 Å². The Labute approximate surface area is 216 Å². The van der Waals surface area contributed by atoms with Gasteiger partial charge in [-0.25, -0.2) is 4.68 Å². The summed E-state index contributed by atoms with van der Waals surface area (Å²) in [6.45, 7) is 1.55. The first-order chi connectivity index (χ1) is 18.1. The van der Waals surface area contributed by atoms with E-state index in [2.05, 4.69) is 5.32 Å². The zero-order valence-electron chi connectivity index (χ0n) is 20.8. The Kier molecular flexibility index (Phi) is 7.31. The molecule has 1 saturated heterocycles. The average Bonchev–Trinajstić information content (AvgIpc) is 3.42. The molecule has 1 fully saturated rings. The van der Waals surface area contributed by atoms with Crippen LogP contribution < -0.4 is 10.1 Å². The molecule has 7 nitrogen and oxygen atoms in total. The molecule has 4 aromatic rings. The molecule has 3 aromatic carbocycles. The molecule has 2 heterocycles. The Morgan fingerprint density at radius 1 is 0.919 bits per heavy atom. The highest BCUT2D eigenvalue weighted by atomic mass is 16.5. The molecule has 0 saturated carbocycles. The molecule has 0 radical (unpaired) electrons. The fourth-order valence-electron chi connectivity index (χ4n) is 4.73. The maximum absolute atomic E-state index is 13.8. The van der Waals surface area contributed by atoms with E-state index in [0.717, 1.165) is 16.8 Å². The number of benzene rings is 3. The molecule has 0 spiro atoms. The van der Waals surface area contributed by atoms with Crippen LogP contribution in [0.4, 0.5) is 0 Å². The molecule has 0 atom stereocenters. The van der Waals surface area contributed by atoms with Crippen LogP contribution in [0.1, 0.15) is 28.8 Å². The van der Waals surface area contributed by atoms with E-state index in [1.165, 1.54) is 0 Å². The number of piperidine rings is 1. The Bertz CT molecular complexity index is 1360. The van der Waals surface area contributed by atoms with Crippen LogP contribution >= 0.6 is 0 Å². The Morgan fingerprint density at radius 3 is 2.27 bits per heavy atom. The van der Waals surface area contributed by atoms with Crippen molar-refractivity contribution in [3.63, 3.8) is 0 Å². The number of likely N-dealkylation sites (tertiary alicyclic amines) is 1. The van der Waals surface area contributed by atoms with E-state index in [0.29, 0.717) is 49.5 Å². The van der Waals surface area contributed by atoms with Gasteiger partial charge in [0.25, 0.3) is 5.91 Å². The summed E-state index contributed by atoms with van der Waals surface area (Å²) in [7, 11) is 1.61. The van der Waals surface area contributed by atoms with Crippen molar-refractivity contribution in [1.29, 1.82) is 0 Å². The SMILES string of the molecule is COc1ccccc1-c1nn(-c2ccccc2)cc1C(=O)N1CCC(C(=O)NCc2ccccc2)CC1. The minimum absolute atomic E-state index is 0.0440. The topological polar surface area (TPSA) is 76.5 Å². The van der Waals surface area contributed by atoms with Crippen LogP contribution in [0.3, 0.4) is 0 Å². The lowest BCUT2D eigenvalue weighted by molar-refractivity contribution is -0.126. The van der Waals surface area contributed by atoms with Gasteiger partial charge in [0.15, 0.2) is 0 Å². The number of hydrogen-bond donors (Lipinski definition) is 1. The molecule has 188 valence electrons. The second-order valence-electron chi connectivity index (χ2n) is 9.14. The summed E-state index contributed by atoms with van der Waals surface area (Å²) >= 11 is 0. The van der Waals surface area contributed by atoms with Gasteiger partial charge >= 0.3 is 0 Å². The van der Waals surface area contributed by atoms with Crippen molar-refractivity contribution in [2.24, 2.45) is 5.92 Å². The van der Waals surface area contributed by atoms with Crippen molar-refractivity contribution in [2.75, 3.05) is 20.2 Å². The third-order valence-electron chi connectivity index (χ3n) is 6.79. The first-order valence-electron chi connectivity index (χ1n) is 12.5. The Morgan fingerprint density at radius 2 is 1.57 bits per heavy atom. The van der Waals surface area contributed by atoms with Crippen LogP contribution in [0.15, 0.2) is 91.1 Å². The number of nitrogens with zero attached hydrogens (tertiary/aromatic N) is 3. The van der Waals surface area contributed by atoms with Crippen LogP contribution in [0, 0.1) is 5.92 Å². The number of rotatable bonds is 7. The molecule has 1 N–H and O–H groups in total. The molecule has 7 heteroatoms. The van der Waals surface area contributed by atoms with Gasteiger partial charge in [0.2, 0.25) is 5.91 Å². The van der Waals surface area contributed by atoms with E-state index in [-0.39, 0.29) is 17.7 Å². The second-order valence-corrected chi connectivity index (χ2v) is 9.14. The summed E-state index contributed by atoms with van der Waals surface area (Å²) in [5.41, 5.74) is 3.79. The standard InChI is InChI=1S/C30H30N4O3/c1-37-27-15-9-8-14-25(27)28-26(21-34(32-28)24-12-6-3-7-13-24)30(36)33-18-16-23(17-19-33)29(35)31-20-22-10-4-2-5-11-22/h2-15,21,23H,16-20H2,1H3,(H,31,35). The molecule has 5 rings (SSSR count). The number of para-hydroxylation sites is 2. The Balaban J connectivity index is 1.33. The number of nitrogens with one attached hydrogen (secondary N) is 1. The number of carbonyl (C=O) groups is 2. The molecule has 1 aromatic heterocycles. The zero-order valence-corrected chi connectivity index (χ0v) is 20.8. The molecule has 1 aliphatic heterocycles. The summed E-state index contributed by atoms with van der Waals surface area (Å²) < 4.78 is 7.31. The third kappa shape index (κ3) is 5.40. The summed E-state index contributed by atoms with van der Waals surface area (Å²) in [5, 5.41) is 7.84. The lowest BCUT2D eigenvalue weighted by Gasteiger charge is -2.31. The van der Waals surface area contributed by atoms with Gasteiger partial charge in [-0.2, -0.15) is 5.10 Å². The molecule has 37 heavy (non-hydrogen) atoms. The highest BCUT2D eigenvalue weighted by Gasteiger charge is 2.30. The first kappa shape index (κ1) is 24.3. The van der Waals surface area contributed by atoms with Gasteiger partial charge in [0.05, 0.1) is 18.4 Å². The van der Waals surface area contributed by atoms with E-state index in [1.807, 2.05) is 89.8 Å². The second kappa shape index (κ2) is 11.1. The highest BCUT2D eigenvalue weighted by Crippen LogP contribution is 2.33. The largest absolute Gasteiger partial charge is 0.496 e. The maximum atomic E-state index is 13.8. The lowest BCUT2D eigenvalue weighted by atomic mass is 9.95. The van der Waals surface area contributed by atoms with Gasteiger partial charge in [-0.15, -0.1) is 0 Å². The van der Waals surface area contributed by atoms with Crippen molar-refractivity contribution in [2.45, 2.75) is 19.4 Å². The minimum Gasteiger partial charge on any atom is -0.496 e. The van der Waals surface area contributed by atoms with Gasteiger partial charge < -0.3 is 15.0 Å². The number of amides is 2. The van der Waals surface area contributed by atoms with Crippen LogP contribution in [-0.4, -0.2) is 46.7 Å². The van der Waals surface area contributed by atoms with Crippen molar-refractivity contribution in [3.8, 4) is 22.7 Å². The van der Waals surface area contributed by atoms with E-state index >= 15 is 0 Å². The van der Waals surface area contributed by atoms with Gasteiger partial charge in [-0.05, 0) is 42.7 Å². The van der Waals surface area contributed by atoms with E-state index in [4.69, 9.17) is 9.84 Å². The molecular formula is C30H30N4O3. The molecule has 0 aliphatic carbocycles. The predicted octanol–water partition coefficient (Wildman–Crippen LogP) is 4.72. The van der Waals surface area contributed by atoms with Crippen LogP contribution in [0.25, 0.3) is 16.9 Å². The van der Waals surface area contributed by atoms with Gasteiger partial charge in [0.1, 0.15) is 11.4 Å². The van der Waals surface area contributed by atoms with Crippen LogP contribution in [0.5, 0.6) is 5.75 Å². The zero-order chi connectivity index (χ0) is 25.6. The smallest absolute Gasteiger partial charge is 0.257 e. The van der Waals surface area contributed by atoms with Crippen LogP contribution in [0.2, 0.25) is 0 Å². The first-order valence-corrected chi connectivity index (χ1v) is 12.5. The lowest BCUT2D eigenvalue weighted by Crippen LogP contribution is -2.43. The number of aromatic nitrogens is 2. The summed E-state index contributed by atoms with van der Waals surface area (Å²) in [4.78, 5) is 28.3.